The van der Waals surface area contributed by atoms with Gasteiger partial charge in [0.1, 0.15) is 5.82 Å². The lowest BCUT2D eigenvalue weighted by Crippen LogP contribution is -1.99. The van der Waals surface area contributed by atoms with E-state index in [2.05, 4.69) is 20.4 Å². The predicted molar refractivity (Wildman–Crippen MR) is 68.4 cm³/mol. The first-order chi connectivity index (χ1) is 9.20. The number of rotatable bonds is 4. The van der Waals surface area contributed by atoms with Gasteiger partial charge in [-0.15, -0.1) is 5.10 Å². The van der Waals surface area contributed by atoms with Crippen molar-refractivity contribution >= 4 is 23.3 Å². The zero-order valence-electron chi connectivity index (χ0n) is 9.87. The normalized spacial score (nSPS) is 10.7. The third kappa shape index (κ3) is 2.39. The molecule has 19 heavy (non-hydrogen) atoms. The molecule has 7 heteroatoms. The first kappa shape index (κ1) is 11.3. The van der Waals surface area contributed by atoms with Gasteiger partial charge in [-0.3, -0.25) is 4.79 Å². The van der Waals surface area contributed by atoms with Crippen LogP contribution in [0.1, 0.15) is 5.69 Å². The van der Waals surface area contributed by atoms with Crippen molar-refractivity contribution in [2.45, 2.75) is 6.42 Å². The van der Waals surface area contributed by atoms with Crippen LogP contribution in [-0.2, 0) is 11.2 Å². The highest BCUT2D eigenvalue weighted by atomic mass is 16.4. The van der Waals surface area contributed by atoms with Crippen LogP contribution in [0.3, 0.4) is 0 Å². The van der Waals surface area contributed by atoms with Crippen LogP contribution < -0.4 is 5.32 Å². The van der Waals surface area contributed by atoms with E-state index in [1.54, 1.807) is 22.8 Å². The standard InChI is InChI=1S/C12H11N5O2/c18-12(19)6-8-7-17-11(14-8)4-3-10(16-17)15-9-2-1-5-13-9/h1-5,7,13H,6H2,(H,15,16)(H,18,19). The number of carboxylic acids is 1. The molecular formula is C12H11N5O2. The molecule has 3 N–H and O–H groups in total. The molecule has 96 valence electrons. The summed E-state index contributed by atoms with van der Waals surface area (Å²) in [4.78, 5) is 17.8. The van der Waals surface area contributed by atoms with E-state index in [4.69, 9.17) is 5.11 Å². The smallest absolute Gasteiger partial charge is 0.309 e. The molecule has 3 rings (SSSR count). The molecule has 0 fully saturated rings. The molecular weight excluding hydrogens is 246 g/mol. The maximum Gasteiger partial charge on any atom is 0.309 e. The minimum Gasteiger partial charge on any atom is -0.481 e. The highest BCUT2D eigenvalue weighted by Gasteiger charge is 2.07. The van der Waals surface area contributed by atoms with Crippen molar-refractivity contribution in [1.29, 1.82) is 0 Å². The van der Waals surface area contributed by atoms with Crippen LogP contribution in [0.25, 0.3) is 5.65 Å². The van der Waals surface area contributed by atoms with Crippen LogP contribution in [0.15, 0.2) is 36.7 Å². The van der Waals surface area contributed by atoms with Gasteiger partial charge in [0.25, 0.3) is 0 Å². The summed E-state index contributed by atoms with van der Waals surface area (Å²) in [5, 5.41) is 16.1. The second-order valence-corrected chi connectivity index (χ2v) is 4.03. The number of imidazole rings is 1. The lowest BCUT2D eigenvalue weighted by molar-refractivity contribution is -0.136. The number of hydrogen-bond acceptors (Lipinski definition) is 4. The maximum absolute atomic E-state index is 10.6. The second-order valence-electron chi connectivity index (χ2n) is 4.03. The maximum atomic E-state index is 10.6. The summed E-state index contributed by atoms with van der Waals surface area (Å²) in [6.07, 6.45) is 3.31. The fraction of sp³-hybridized carbons (Fsp3) is 0.0833. The molecule has 7 nitrogen and oxygen atoms in total. The summed E-state index contributed by atoms with van der Waals surface area (Å²) in [6.45, 7) is 0. The molecule has 0 amide bonds. The Balaban J connectivity index is 1.89. The van der Waals surface area contributed by atoms with Crippen molar-refractivity contribution in [2.24, 2.45) is 0 Å². The molecule has 0 aliphatic rings. The number of anilines is 2. The van der Waals surface area contributed by atoms with Gasteiger partial charge in [-0.2, -0.15) is 0 Å². The minimum atomic E-state index is -0.909. The number of fused-ring (bicyclic) bond motifs is 1. The van der Waals surface area contributed by atoms with E-state index >= 15 is 0 Å². The molecule has 3 aromatic rings. The Kier molecular flexibility index (Phi) is 2.64. The van der Waals surface area contributed by atoms with Crippen LogP contribution >= 0.6 is 0 Å². The molecule has 3 aromatic heterocycles. The van der Waals surface area contributed by atoms with Crippen molar-refractivity contribution in [1.82, 2.24) is 19.6 Å². The Hall–Kier alpha value is -2.83. The molecule has 0 radical (unpaired) electrons. The molecule has 0 aliphatic heterocycles. The number of nitrogens with one attached hydrogen (secondary N) is 2. The van der Waals surface area contributed by atoms with Gasteiger partial charge < -0.3 is 15.4 Å². The van der Waals surface area contributed by atoms with Crippen molar-refractivity contribution in [3.8, 4) is 0 Å². The Bertz CT molecular complexity index is 717. The lowest BCUT2D eigenvalue weighted by Gasteiger charge is -2.02. The third-order valence-electron chi connectivity index (χ3n) is 2.56. The fourth-order valence-corrected chi connectivity index (χ4v) is 1.78. The van der Waals surface area contributed by atoms with E-state index in [1.807, 2.05) is 18.3 Å². The van der Waals surface area contributed by atoms with Gasteiger partial charge in [-0.05, 0) is 24.3 Å². The Morgan fingerprint density at radius 1 is 1.42 bits per heavy atom. The van der Waals surface area contributed by atoms with Gasteiger partial charge in [0.2, 0.25) is 0 Å². The first-order valence-corrected chi connectivity index (χ1v) is 5.68. The van der Waals surface area contributed by atoms with Crippen molar-refractivity contribution in [2.75, 3.05) is 5.32 Å². The Morgan fingerprint density at radius 3 is 3.05 bits per heavy atom. The quantitative estimate of drug-likeness (QED) is 0.657. The number of aliphatic carboxylic acids is 1. The predicted octanol–water partition coefficient (Wildman–Crippen LogP) is 1.43. The fourth-order valence-electron chi connectivity index (χ4n) is 1.78. The van der Waals surface area contributed by atoms with E-state index < -0.39 is 5.97 Å². The number of carboxylic acid groups (broad SMARTS) is 1. The summed E-state index contributed by atoms with van der Waals surface area (Å²) in [5.74, 6) is 0.570. The summed E-state index contributed by atoms with van der Waals surface area (Å²) in [5.41, 5.74) is 1.10. The number of hydrogen-bond donors (Lipinski definition) is 3. The summed E-state index contributed by atoms with van der Waals surface area (Å²) in [7, 11) is 0. The van der Waals surface area contributed by atoms with Gasteiger partial charge in [0.05, 0.1) is 18.3 Å². The van der Waals surface area contributed by atoms with E-state index in [0.717, 1.165) is 5.82 Å². The molecule has 0 unspecified atom stereocenters. The van der Waals surface area contributed by atoms with Crippen molar-refractivity contribution < 1.29 is 9.90 Å². The molecule has 0 spiro atoms. The molecule has 0 saturated heterocycles. The molecule has 0 atom stereocenters. The molecule has 0 aliphatic carbocycles. The van der Waals surface area contributed by atoms with Crippen LogP contribution in [0, 0.1) is 0 Å². The number of nitrogens with zero attached hydrogens (tertiary/aromatic N) is 3. The summed E-state index contributed by atoms with van der Waals surface area (Å²) < 4.78 is 1.56. The van der Waals surface area contributed by atoms with E-state index in [-0.39, 0.29) is 6.42 Å². The largest absolute Gasteiger partial charge is 0.481 e. The van der Waals surface area contributed by atoms with Gasteiger partial charge in [-0.25, -0.2) is 9.50 Å². The zero-order chi connectivity index (χ0) is 13.2. The number of aromatic amines is 1. The first-order valence-electron chi connectivity index (χ1n) is 5.68. The molecule has 0 aromatic carbocycles. The third-order valence-corrected chi connectivity index (χ3v) is 2.56. The van der Waals surface area contributed by atoms with Gasteiger partial charge in [0.15, 0.2) is 11.5 Å². The highest BCUT2D eigenvalue weighted by Crippen LogP contribution is 2.13. The second kappa shape index (κ2) is 4.45. The van der Waals surface area contributed by atoms with Gasteiger partial charge >= 0.3 is 5.97 Å². The lowest BCUT2D eigenvalue weighted by atomic mass is 10.3. The van der Waals surface area contributed by atoms with E-state index in [1.165, 1.54) is 0 Å². The Labute approximate surface area is 107 Å². The van der Waals surface area contributed by atoms with Gasteiger partial charge in [-0.1, -0.05) is 0 Å². The van der Waals surface area contributed by atoms with Crippen LogP contribution in [0.4, 0.5) is 11.6 Å². The number of H-pyrrole nitrogens is 1. The average molecular weight is 257 g/mol. The SMILES string of the molecule is O=C(O)Cc1cn2nc(Nc3ccc[nH]3)ccc2n1. The Morgan fingerprint density at radius 2 is 2.32 bits per heavy atom. The number of aromatic nitrogens is 4. The summed E-state index contributed by atoms with van der Waals surface area (Å²) in [6, 6.07) is 7.33. The number of carbonyl (C=O) groups is 1. The molecule has 0 bridgehead atoms. The highest BCUT2D eigenvalue weighted by molar-refractivity contribution is 5.69. The van der Waals surface area contributed by atoms with Crippen molar-refractivity contribution in [3.05, 3.63) is 42.4 Å². The van der Waals surface area contributed by atoms with Crippen molar-refractivity contribution in [3.63, 3.8) is 0 Å². The minimum absolute atomic E-state index is 0.108. The topological polar surface area (TPSA) is 95.3 Å². The summed E-state index contributed by atoms with van der Waals surface area (Å²) >= 11 is 0. The monoisotopic (exact) mass is 257 g/mol. The van der Waals surface area contributed by atoms with Crippen LogP contribution in [0.2, 0.25) is 0 Å². The zero-order valence-corrected chi connectivity index (χ0v) is 9.87. The van der Waals surface area contributed by atoms with E-state index in [0.29, 0.717) is 17.2 Å². The van der Waals surface area contributed by atoms with Crippen LogP contribution in [-0.4, -0.2) is 30.7 Å². The van der Waals surface area contributed by atoms with Crippen LogP contribution in [0.5, 0.6) is 0 Å². The molecule has 0 saturated carbocycles. The van der Waals surface area contributed by atoms with E-state index in [9.17, 15) is 4.79 Å². The molecule has 3 heterocycles. The average Bonchev–Trinajstić information content (AvgIpc) is 2.96. The van der Waals surface area contributed by atoms with Gasteiger partial charge in [0, 0.05) is 6.20 Å².